The molecule has 0 unspecified atom stereocenters. The van der Waals surface area contributed by atoms with Crippen molar-refractivity contribution in [2.75, 3.05) is 22.9 Å². The van der Waals surface area contributed by atoms with E-state index in [4.69, 9.17) is 0 Å². The molecule has 4 heteroatoms. The zero-order valence-electron chi connectivity index (χ0n) is 16.2. The van der Waals surface area contributed by atoms with Gasteiger partial charge in [0.25, 0.3) is 5.91 Å². The SMILES string of the molecule is CCN(Cc1ccccc1)c1ccc(C(=O)N2CCCc3ccccc32)cn1. The Balaban J connectivity index is 1.52. The van der Waals surface area contributed by atoms with Gasteiger partial charge in [0.15, 0.2) is 0 Å². The summed E-state index contributed by atoms with van der Waals surface area (Å²) in [5.41, 5.74) is 4.15. The molecule has 0 saturated carbocycles. The number of hydrogen-bond acceptors (Lipinski definition) is 3. The van der Waals surface area contributed by atoms with Crippen molar-refractivity contribution in [2.45, 2.75) is 26.3 Å². The lowest BCUT2D eigenvalue weighted by atomic mass is 10.0. The molecule has 3 aromatic rings. The highest BCUT2D eigenvalue weighted by molar-refractivity contribution is 6.06. The Kier molecular flexibility index (Phi) is 5.38. The van der Waals surface area contributed by atoms with Crippen LogP contribution in [0.4, 0.5) is 11.5 Å². The molecule has 142 valence electrons. The van der Waals surface area contributed by atoms with Crippen molar-refractivity contribution in [1.82, 2.24) is 4.98 Å². The minimum atomic E-state index is 0.0253. The van der Waals surface area contributed by atoms with E-state index in [2.05, 4.69) is 47.1 Å². The Hall–Kier alpha value is -3.14. The van der Waals surface area contributed by atoms with Gasteiger partial charge in [0.2, 0.25) is 0 Å². The van der Waals surface area contributed by atoms with Crippen LogP contribution in [0, 0.1) is 0 Å². The van der Waals surface area contributed by atoms with E-state index in [1.165, 1.54) is 11.1 Å². The van der Waals surface area contributed by atoms with Gasteiger partial charge >= 0.3 is 0 Å². The van der Waals surface area contributed by atoms with E-state index in [9.17, 15) is 4.79 Å². The first-order valence-electron chi connectivity index (χ1n) is 9.91. The number of fused-ring (bicyclic) bond motifs is 1. The van der Waals surface area contributed by atoms with E-state index in [1.54, 1.807) is 6.20 Å². The number of pyridine rings is 1. The molecule has 2 heterocycles. The van der Waals surface area contributed by atoms with Gasteiger partial charge in [-0.2, -0.15) is 0 Å². The molecular formula is C24H25N3O. The van der Waals surface area contributed by atoms with Crippen molar-refractivity contribution >= 4 is 17.4 Å². The molecule has 0 saturated heterocycles. The van der Waals surface area contributed by atoms with Crippen LogP contribution in [0.3, 0.4) is 0 Å². The van der Waals surface area contributed by atoms with E-state index in [0.717, 1.165) is 44.0 Å². The molecule has 0 radical (unpaired) electrons. The first kappa shape index (κ1) is 18.2. The second-order valence-electron chi connectivity index (χ2n) is 7.09. The van der Waals surface area contributed by atoms with Gasteiger partial charge in [-0.25, -0.2) is 4.98 Å². The van der Waals surface area contributed by atoms with Gasteiger partial charge in [-0.3, -0.25) is 4.79 Å². The number of para-hydroxylation sites is 1. The predicted molar refractivity (Wildman–Crippen MR) is 114 cm³/mol. The molecule has 28 heavy (non-hydrogen) atoms. The second-order valence-corrected chi connectivity index (χ2v) is 7.09. The van der Waals surface area contributed by atoms with Crippen molar-refractivity contribution in [3.63, 3.8) is 0 Å². The average molecular weight is 371 g/mol. The van der Waals surface area contributed by atoms with Crippen molar-refractivity contribution in [1.29, 1.82) is 0 Å². The lowest BCUT2D eigenvalue weighted by Gasteiger charge is -2.29. The molecule has 0 aliphatic carbocycles. The van der Waals surface area contributed by atoms with E-state index in [1.807, 2.05) is 41.3 Å². The first-order valence-corrected chi connectivity index (χ1v) is 9.91. The number of amides is 1. The maximum Gasteiger partial charge on any atom is 0.259 e. The van der Waals surface area contributed by atoms with Gasteiger partial charge in [0, 0.05) is 31.5 Å². The summed E-state index contributed by atoms with van der Waals surface area (Å²) < 4.78 is 0. The zero-order chi connectivity index (χ0) is 19.3. The number of carbonyl (C=O) groups excluding carboxylic acids is 1. The number of benzene rings is 2. The Bertz CT molecular complexity index is 938. The van der Waals surface area contributed by atoms with Gasteiger partial charge in [-0.1, -0.05) is 48.5 Å². The predicted octanol–water partition coefficient (Wildman–Crippen LogP) is 4.70. The van der Waals surface area contributed by atoms with Crippen molar-refractivity contribution in [2.24, 2.45) is 0 Å². The number of nitrogens with zero attached hydrogens (tertiary/aromatic N) is 3. The molecule has 0 spiro atoms. The summed E-state index contributed by atoms with van der Waals surface area (Å²) in [6.07, 6.45) is 3.74. The molecule has 0 atom stereocenters. The standard InChI is InChI=1S/C24H25N3O/c1-2-26(18-19-9-4-3-5-10-19)23-15-14-21(17-25-23)24(28)27-16-8-12-20-11-6-7-13-22(20)27/h3-7,9-11,13-15,17H,2,8,12,16,18H2,1H3. The van der Waals surface area contributed by atoms with E-state index < -0.39 is 0 Å². The summed E-state index contributed by atoms with van der Waals surface area (Å²) in [6.45, 7) is 4.53. The van der Waals surface area contributed by atoms with Gasteiger partial charge in [-0.05, 0) is 49.1 Å². The van der Waals surface area contributed by atoms with Crippen LogP contribution in [0.2, 0.25) is 0 Å². The molecule has 4 nitrogen and oxygen atoms in total. The summed E-state index contributed by atoms with van der Waals surface area (Å²) in [4.78, 5) is 21.8. The van der Waals surface area contributed by atoms with Crippen LogP contribution in [0.25, 0.3) is 0 Å². The summed E-state index contributed by atoms with van der Waals surface area (Å²) in [7, 11) is 0. The summed E-state index contributed by atoms with van der Waals surface area (Å²) in [5.74, 6) is 0.916. The van der Waals surface area contributed by atoms with Gasteiger partial charge < -0.3 is 9.80 Å². The molecule has 0 bridgehead atoms. The Morgan fingerprint density at radius 2 is 1.82 bits per heavy atom. The maximum atomic E-state index is 13.1. The monoisotopic (exact) mass is 371 g/mol. The number of anilines is 2. The van der Waals surface area contributed by atoms with Crippen molar-refractivity contribution in [3.8, 4) is 0 Å². The fraction of sp³-hybridized carbons (Fsp3) is 0.250. The second kappa shape index (κ2) is 8.26. The van der Waals surface area contributed by atoms with E-state index in [-0.39, 0.29) is 5.91 Å². The molecule has 4 rings (SSSR count). The fourth-order valence-corrected chi connectivity index (χ4v) is 3.76. The van der Waals surface area contributed by atoms with Gasteiger partial charge in [0.1, 0.15) is 5.82 Å². The number of aromatic nitrogens is 1. The number of carbonyl (C=O) groups is 1. The molecule has 1 aromatic heterocycles. The van der Waals surface area contributed by atoms with Crippen molar-refractivity contribution < 1.29 is 4.79 Å². The Morgan fingerprint density at radius 3 is 2.57 bits per heavy atom. The topological polar surface area (TPSA) is 36.4 Å². The van der Waals surface area contributed by atoms with Crippen LogP contribution in [0.15, 0.2) is 72.9 Å². The lowest BCUT2D eigenvalue weighted by Crippen LogP contribution is -2.35. The van der Waals surface area contributed by atoms with Crippen LogP contribution in [-0.2, 0) is 13.0 Å². The lowest BCUT2D eigenvalue weighted by molar-refractivity contribution is 0.0985. The van der Waals surface area contributed by atoms with Crippen LogP contribution < -0.4 is 9.80 Å². The van der Waals surface area contributed by atoms with Gasteiger partial charge in [-0.15, -0.1) is 0 Å². The minimum absolute atomic E-state index is 0.0253. The van der Waals surface area contributed by atoms with Crippen LogP contribution >= 0.6 is 0 Å². The normalized spacial score (nSPS) is 13.1. The van der Waals surface area contributed by atoms with Crippen LogP contribution in [-0.4, -0.2) is 24.0 Å². The number of rotatable bonds is 5. The highest BCUT2D eigenvalue weighted by atomic mass is 16.2. The van der Waals surface area contributed by atoms with Crippen molar-refractivity contribution in [3.05, 3.63) is 89.6 Å². The number of hydrogen-bond donors (Lipinski definition) is 0. The third-order valence-corrected chi connectivity index (χ3v) is 5.27. The van der Waals surface area contributed by atoms with E-state index >= 15 is 0 Å². The fourth-order valence-electron chi connectivity index (χ4n) is 3.76. The largest absolute Gasteiger partial charge is 0.353 e. The third kappa shape index (κ3) is 3.77. The molecule has 1 aliphatic heterocycles. The Labute approximate surface area is 166 Å². The van der Waals surface area contributed by atoms with Crippen LogP contribution in [0.1, 0.15) is 34.8 Å². The van der Waals surface area contributed by atoms with Gasteiger partial charge in [0.05, 0.1) is 5.56 Å². The number of aryl methyl sites for hydroxylation is 1. The molecule has 1 amide bonds. The smallest absolute Gasteiger partial charge is 0.259 e. The summed E-state index contributed by atoms with van der Waals surface area (Å²) in [6, 6.07) is 22.4. The average Bonchev–Trinajstić information content (AvgIpc) is 2.77. The molecule has 0 N–H and O–H groups in total. The summed E-state index contributed by atoms with van der Waals surface area (Å²) >= 11 is 0. The molecule has 1 aliphatic rings. The minimum Gasteiger partial charge on any atom is -0.353 e. The zero-order valence-corrected chi connectivity index (χ0v) is 16.2. The first-order chi connectivity index (χ1) is 13.8. The maximum absolute atomic E-state index is 13.1. The Morgan fingerprint density at radius 1 is 1.04 bits per heavy atom. The highest BCUT2D eigenvalue weighted by Gasteiger charge is 2.23. The quantitative estimate of drug-likeness (QED) is 0.652. The van der Waals surface area contributed by atoms with Crippen LogP contribution in [0.5, 0.6) is 0 Å². The third-order valence-electron chi connectivity index (χ3n) is 5.27. The highest BCUT2D eigenvalue weighted by Crippen LogP contribution is 2.28. The summed E-state index contributed by atoms with van der Waals surface area (Å²) in [5, 5.41) is 0. The van der Waals surface area contributed by atoms with E-state index in [0.29, 0.717) is 5.56 Å². The molecule has 2 aromatic carbocycles. The molecular weight excluding hydrogens is 346 g/mol. The molecule has 0 fully saturated rings.